The number of anilines is 1. The predicted molar refractivity (Wildman–Crippen MR) is 76.0 cm³/mol. The first-order chi connectivity index (χ1) is 8.69. The van der Waals surface area contributed by atoms with Crippen LogP contribution in [0.5, 0.6) is 11.5 Å². The van der Waals surface area contributed by atoms with Gasteiger partial charge in [0.15, 0.2) is 0 Å². The fourth-order valence-electron chi connectivity index (χ4n) is 1.52. The number of carbonyl (C=O) groups is 1. The zero-order valence-corrected chi connectivity index (χ0v) is 11.1. The highest BCUT2D eigenvalue weighted by molar-refractivity contribution is 5.89. The molecule has 0 saturated carbocycles. The molecule has 0 heterocycles. The highest BCUT2D eigenvalue weighted by atomic mass is 35.5. The molecular formula is C14H14ClNO3. The van der Waals surface area contributed by atoms with E-state index in [9.17, 15) is 4.79 Å². The van der Waals surface area contributed by atoms with Crippen molar-refractivity contribution in [2.75, 3.05) is 12.8 Å². The largest absolute Gasteiger partial charge is 0.465 e. The minimum Gasteiger partial charge on any atom is -0.465 e. The summed E-state index contributed by atoms with van der Waals surface area (Å²) in [5, 5.41) is 0. The van der Waals surface area contributed by atoms with Gasteiger partial charge in [0.05, 0.1) is 12.7 Å². The molecule has 19 heavy (non-hydrogen) atoms. The van der Waals surface area contributed by atoms with Gasteiger partial charge in [-0.05, 0) is 30.3 Å². The van der Waals surface area contributed by atoms with Gasteiger partial charge in [0.2, 0.25) is 0 Å². The number of rotatable bonds is 3. The number of nitrogen functional groups attached to an aromatic ring is 1. The van der Waals surface area contributed by atoms with E-state index in [1.54, 1.807) is 48.5 Å². The molecule has 0 aliphatic rings. The fourth-order valence-corrected chi connectivity index (χ4v) is 1.52. The summed E-state index contributed by atoms with van der Waals surface area (Å²) in [6.07, 6.45) is 0. The second kappa shape index (κ2) is 6.66. The molecule has 2 N–H and O–H groups in total. The SMILES string of the molecule is COC(=O)c1cccc(Oc2cccc(N)c2)c1.Cl. The number of halogens is 1. The Labute approximate surface area is 117 Å². The van der Waals surface area contributed by atoms with E-state index < -0.39 is 5.97 Å². The lowest BCUT2D eigenvalue weighted by atomic mass is 10.2. The zero-order valence-electron chi connectivity index (χ0n) is 10.3. The Morgan fingerprint density at radius 1 is 1.05 bits per heavy atom. The van der Waals surface area contributed by atoms with Gasteiger partial charge in [-0.1, -0.05) is 12.1 Å². The van der Waals surface area contributed by atoms with Gasteiger partial charge < -0.3 is 15.2 Å². The van der Waals surface area contributed by atoms with Crippen LogP contribution in [0.25, 0.3) is 0 Å². The summed E-state index contributed by atoms with van der Waals surface area (Å²) in [5.74, 6) is 0.786. The monoisotopic (exact) mass is 279 g/mol. The molecule has 0 aromatic heterocycles. The highest BCUT2D eigenvalue weighted by Crippen LogP contribution is 2.23. The van der Waals surface area contributed by atoms with E-state index in [0.29, 0.717) is 22.7 Å². The summed E-state index contributed by atoms with van der Waals surface area (Å²) in [5.41, 5.74) is 6.72. The average molecular weight is 280 g/mol. The maximum atomic E-state index is 11.4. The Bertz CT molecular complexity index is 572. The first-order valence-corrected chi connectivity index (χ1v) is 5.41. The number of ether oxygens (including phenoxy) is 2. The maximum Gasteiger partial charge on any atom is 0.337 e. The number of carbonyl (C=O) groups excluding carboxylic acids is 1. The quantitative estimate of drug-likeness (QED) is 0.692. The molecular weight excluding hydrogens is 266 g/mol. The van der Waals surface area contributed by atoms with Gasteiger partial charge in [-0.2, -0.15) is 0 Å². The van der Waals surface area contributed by atoms with Crippen molar-refractivity contribution >= 4 is 24.1 Å². The molecule has 100 valence electrons. The number of methoxy groups -OCH3 is 1. The molecule has 2 aromatic carbocycles. The third kappa shape index (κ3) is 3.89. The van der Waals surface area contributed by atoms with Crippen LogP contribution in [0.15, 0.2) is 48.5 Å². The van der Waals surface area contributed by atoms with E-state index >= 15 is 0 Å². The second-order valence-corrected chi connectivity index (χ2v) is 3.69. The molecule has 5 heteroatoms. The van der Waals surface area contributed by atoms with Crippen LogP contribution in [0.1, 0.15) is 10.4 Å². The normalized spacial score (nSPS) is 9.32. The van der Waals surface area contributed by atoms with Crippen molar-refractivity contribution in [3.8, 4) is 11.5 Å². The smallest absolute Gasteiger partial charge is 0.337 e. The Morgan fingerprint density at radius 3 is 2.32 bits per heavy atom. The van der Waals surface area contributed by atoms with Crippen molar-refractivity contribution < 1.29 is 14.3 Å². The Hall–Kier alpha value is -2.20. The van der Waals surface area contributed by atoms with Crippen LogP contribution in [-0.2, 0) is 4.74 Å². The zero-order chi connectivity index (χ0) is 13.0. The van der Waals surface area contributed by atoms with Crippen molar-refractivity contribution in [3.63, 3.8) is 0 Å². The molecule has 0 fully saturated rings. The van der Waals surface area contributed by atoms with Crippen molar-refractivity contribution in [3.05, 3.63) is 54.1 Å². The van der Waals surface area contributed by atoms with E-state index in [2.05, 4.69) is 4.74 Å². The van der Waals surface area contributed by atoms with Crippen LogP contribution in [-0.4, -0.2) is 13.1 Å². The van der Waals surface area contributed by atoms with Gasteiger partial charge in [0, 0.05) is 11.8 Å². The van der Waals surface area contributed by atoms with Crippen LogP contribution in [0.3, 0.4) is 0 Å². The summed E-state index contributed by atoms with van der Waals surface area (Å²) in [6.45, 7) is 0. The fraction of sp³-hybridized carbons (Fsp3) is 0.0714. The standard InChI is InChI=1S/C14H13NO3.ClH/c1-17-14(16)10-4-2-6-12(8-10)18-13-7-3-5-11(15)9-13;/h2-9H,15H2,1H3;1H. The predicted octanol–water partition coefficient (Wildman–Crippen LogP) is 3.27. The Balaban J connectivity index is 0.00000180. The van der Waals surface area contributed by atoms with E-state index in [4.69, 9.17) is 10.5 Å². The third-order valence-corrected chi connectivity index (χ3v) is 2.35. The van der Waals surface area contributed by atoms with Crippen molar-refractivity contribution in [2.45, 2.75) is 0 Å². The van der Waals surface area contributed by atoms with Crippen molar-refractivity contribution in [1.82, 2.24) is 0 Å². The minimum atomic E-state index is -0.395. The second-order valence-electron chi connectivity index (χ2n) is 3.69. The lowest BCUT2D eigenvalue weighted by molar-refractivity contribution is 0.0600. The Kier molecular flexibility index (Phi) is 5.21. The molecule has 0 aliphatic carbocycles. The van der Waals surface area contributed by atoms with Gasteiger partial charge in [-0.25, -0.2) is 4.79 Å². The summed E-state index contributed by atoms with van der Waals surface area (Å²) in [4.78, 5) is 11.4. The average Bonchev–Trinajstić information content (AvgIpc) is 2.38. The summed E-state index contributed by atoms with van der Waals surface area (Å²) in [6, 6.07) is 13.9. The van der Waals surface area contributed by atoms with E-state index in [1.165, 1.54) is 7.11 Å². The summed E-state index contributed by atoms with van der Waals surface area (Å²) < 4.78 is 10.3. The highest BCUT2D eigenvalue weighted by Gasteiger charge is 2.06. The molecule has 0 amide bonds. The van der Waals surface area contributed by atoms with Crippen LogP contribution in [0.2, 0.25) is 0 Å². The number of esters is 1. The molecule has 0 spiro atoms. The molecule has 2 rings (SSSR count). The van der Waals surface area contributed by atoms with Crippen LogP contribution >= 0.6 is 12.4 Å². The van der Waals surface area contributed by atoms with Crippen molar-refractivity contribution in [2.24, 2.45) is 0 Å². The topological polar surface area (TPSA) is 61.5 Å². The minimum absolute atomic E-state index is 0. The number of nitrogens with two attached hydrogens (primary N) is 1. The molecule has 0 atom stereocenters. The van der Waals surface area contributed by atoms with E-state index in [-0.39, 0.29) is 12.4 Å². The van der Waals surface area contributed by atoms with Gasteiger partial charge in [-0.3, -0.25) is 0 Å². The number of benzene rings is 2. The maximum absolute atomic E-state index is 11.4. The molecule has 0 saturated heterocycles. The van der Waals surface area contributed by atoms with E-state index in [0.717, 1.165) is 0 Å². The van der Waals surface area contributed by atoms with Gasteiger partial charge in [0.1, 0.15) is 11.5 Å². The first-order valence-electron chi connectivity index (χ1n) is 5.41. The van der Waals surface area contributed by atoms with Gasteiger partial charge in [-0.15, -0.1) is 12.4 Å². The van der Waals surface area contributed by atoms with Gasteiger partial charge in [0.25, 0.3) is 0 Å². The summed E-state index contributed by atoms with van der Waals surface area (Å²) >= 11 is 0. The molecule has 4 nitrogen and oxygen atoms in total. The van der Waals surface area contributed by atoms with Crippen LogP contribution in [0, 0.1) is 0 Å². The third-order valence-electron chi connectivity index (χ3n) is 2.35. The Morgan fingerprint density at radius 2 is 1.68 bits per heavy atom. The molecule has 2 aromatic rings. The van der Waals surface area contributed by atoms with Crippen molar-refractivity contribution in [1.29, 1.82) is 0 Å². The molecule has 0 aliphatic heterocycles. The molecule has 0 bridgehead atoms. The lowest BCUT2D eigenvalue weighted by Gasteiger charge is -2.07. The molecule has 0 unspecified atom stereocenters. The van der Waals surface area contributed by atoms with E-state index in [1.807, 2.05) is 0 Å². The van der Waals surface area contributed by atoms with Crippen LogP contribution in [0.4, 0.5) is 5.69 Å². The van der Waals surface area contributed by atoms with Gasteiger partial charge >= 0.3 is 5.97 Å². The summed E-state index contributed by atoms with van der Waals surface area (Å²) in [7, 11) is 1.34. The number of hydrogen-bond donors (Lipinski definition) is 1. The number of hydrogen-bond acceptors (Lipinski definition) is 4. The van der Waals surface area contributed by atoms with Crippen LogP contribution < -0.4 is 10.5 Å². The molecule has 0 radical (unpaired) electrons. The lowest BCUT2D eigenvalue weighted by Crippen LogP contribution is -2.00. The first kappa shape index (κ1) is 14.9.